The Morgan fingerprint density at radius 3 is 2.45 bits per heavy atom. The highest BCUT2D eigenvalue weighted by atomic mass is 16.5. The largest absolute Gasteiger partial charge is 0.497 e. The molecule has 1 atom stereocenters. The Bertz CT molecular complexity index is 478. The summed E-state index contributed by atoms with van der Waals surface area (Å²) in [6.45, 7) is 2.96. The van der Waals surface area contributed by atoms with Gasteiger partial charge in [-0.05, 0) is 30.5 Å². The lowest BCUT2D eigenvalue weighted by Crippen LogP contribution is -2.44. The molecule has 2 rings (SSSR count). The van der Waals surface area contributed by atoms with Crippen molar-refractivity contribution in [3.05, 3.63) is 29.8 Å². The van der Waals surface area contributed by atoms with Crippen LogP contribution in [-0.4, -0.2) is 26.1 Å². The van der Waals surface area contributed by atoms with E-state index in [2.05, 4.69) is 17.4 Å². The van der Waals surface area contributed by atoms with Gasteiger partial charge < -0.3 is 15.8 Å². The zero-order valence-corrected chi connectivity index (χ0v) is 13.7. The molecular weight excluding hydrogens is 276 g/mol. The number of nitrogens with one attached hydrogen (secondary N) is 1. The normalized spacial score (nSPS) is 18.5. The standard InChI is InChI=1S/C18H28N2O2/c1-14(12-19)17(21)20-13-18(10-4-3-5-11-18)15-6-8-16(22-2)9-7-15/h6-9,14H,3-5,10-13,19H2,1-2H3,(H,20,21). The Morgan fingerprint density at radius 1 is 1.27 bits per heavy atom. The smallest absolute Gasteiger partial charge is 0.224 e. The number of nitrogens with two attached hydrogens (primary N) is 1. The van der Waals surface area contributed by atoms with Crippen molar-refractivity contribution in [1.29, 1.82) is 0 Å². The van der Waals surface area contributed by atoms with Crippen molar-refractivity contribution < 1.29 is 9.53 Å². The maximum Gasteiger partial charge on any atom is 0.224 e. The summed E-state index contributed by atoms with van der Waals surface area (Å²) in [5.74, 6) is 0.799. The van der Waals surface area contributed by atoms with E-state index in [-0.39, 0.29) is 17.2 Å². The number of hydrogen-bond donors (Lipinski definition) is 2. The van der Waals surface area contributed by atoms with Gasteiger partial charge in [0.1, 0.15) is 5.75 Å². The quantitative estimate of drug-likeness (QED) is 0.849. The number of amides is 1. The minimum absolute atomic E-state index is 0.0501. The first-order chi connectivity index (χ1) is 10.6. The third kappa shape index (κ3) is 3.80. The summed E-state index contributed by atoms with van der Waals surface area (Å²) in [7, 11) is 1.68. The van der Waals surface area contributed by atoms with E-state index in [1.54, 1.807) is 7.11 Å². The molecule has 1 aromatic carbocycles. The van der Waals surface area contributed by atoms with Gasteiger partial charge in [0.25, 0.3) is 0 Å². The van der Waals surface area contributed by atoms with E-state index >= 15 is 0 Å². The van der Waals surface area contributed by atoms with Gasteiger partial charge in [0.15, 0.2) is 0 Å². The van der Waals surface area contributed by atoms with Crippen LogP contribution in [0.15, 0.2) is 24.3 Å². The van der Waals surface area contributed by atoms with Crippen molar-refractivity contribution in [3.8, 4) is 5.75 Å². The second kappa shape index (κ2) is 7.63. The second-order valence-electron chi connectivity index (χ2n) is 6.42. The molecule has 3 N–H and O–H groups in total. The molecule has 0 saturated heterocycles. The first kappa shape index (κ1) is 16.8. The van der Waals surface area contributed by atoms with Crippen molar-refractivity contribution in [3.63, 3.8) is 0 Å². The van der Waals surface area contributed by atoms with Gasteiger partial charge in [-0.1, -0.05) is 38.3 Å². The first-order valence-electron chi connectivity index (χ1n) is 8.23. The van der Waals surface area contributed by atoms with Crippen molar-refractivity contribution in [2.75, 3.05) is 20.2 Å². The Morgan fingerprint density at radius 2 is 1.91 bits per heavy atom. The predicted octanol–water partition coefficient (Wildman–Crippen LogP) is 2.61. The van der Waals surface area contributed by atoms with Crippen LogP contribution in [0.3, 0.4) is 0 Å². The number of rotatable bonds is 6. The average molecular weight is 304 g/mol. The highest BCUT2D eigenvalue weighted by Crippen LogP contribution is 2.39. The molecule has 0 aromatic heterocycles. The first-order valence-corrected chi connectivity index (χ1v) is 8.23. The molecule has 22 heavy (non-hydrogen) atoms. The molecule has 0 heterocycles. The van der Waals surface area contributed by atoms with Crippen molar-refractivity contribution in [2.45, 2.75) is 44.4 Å². The molecule has 4 heteroatoms. The molecule has 122 valence electrons. The summed E-state index contributed by atoms with van der Waals surface area (Å²) < 4.78 is 5.25. The number of hydrogen-bond acceptors (Lipinski definition) is 3. The maximum absolute atomic E-state index is 12.1. The lowest BCUT2D eigenvalue weighted by Gasteiger charge is -2.38. The Kier molecular flexibility index (Phi) is 5.83. The maximum atomic E-state index is 12.1. The Hall–Kier alpha value is -1.55. The van der Waals surface area contributed by atoms with Crippen LogP contribution in [0, 0.1) is 5.92 Å². The lowest BCUT2D eigenvalue weighted by atomic mass is 9.69. The van der Waals surface area contributed by atoms with Crippen LogP contribution in [0.2, 0.25) is 0 Å². The van der Waals surface area contributed by atoms with E-state index in [1.165, 1.54) is 24.8 Å². The van der Waals surface area contributed by atoms with Gasteiger partial charge in [0.2, 0.25) is 5.91 Å². The molecule has 1 saturated carbocycles. The molecule has 0 aliphatic heterocycles. The van der Waals surface area contributed by atoms with Gasteiger partial charge in [-0.25, -0.2) is 0 Å². The van der Waals surface area contributed by atoms with Gasteiger partial charge in [0.05, 0.1) is 7.11 Å². The highest BCUT2D eigenvalue weighted by molar-refractivity contribution is 5.78. The van der Waals surface area contributed by atoms with Crippen LogP contribution in [-0.2, 0) is 10.2 Å². The number of carbonyl (C=O) groups excluding carboxylic acids is 1. The zero-order chi connectivity index (χ0) is 16.0. The lowest BCUT2D eigenvalue weighted by molar-refractivity contribution is -0.124. The Labute approximate surface area is 133 Å². The predicted molar refractivity (Wildman–Crippen MR) is 89.0 cm³/mol. The summed E-state index contributed by atoms with van der Waals surface area (Å²) in [6, 6.07) is 8.30. The SMILES string of the molecule is COc1ccc(C2(CNC(=O)C(C)CN)CCCCC2)cc1. The third-order valence-corrected chi connectivity index (χ3v) is 4.92. The molecule has 1 aliphatic carbocycles. The average Bonchev–Trinajstić information content (AvgIpc) is 2.59. The van der Waals surface area contributed by atoms with Gasteiger partial charge in [-0.2, -0.15) is 0 Å². The number of benzene rings is 1. The number of methoxy groups -OCH3 is 1. The highest BCUT2D eigenvalue weighted by Gasteiger charge is 2.34. The fourth-order valence-electron chi connectivity index (χ4n) is 3.28. The summed E-state index contributed by atoms with van der Waals surface area (Å²) in [6.07, 6.45) is 5.96. The van der Waals surface area contributed by atoms with E-state index < -0.39 is 0 Å². The zero-order valence-electron chi connectivity index (χ0n) is 13.7. The van der Waals surface area contributed by atoms with E-state index in [9.17, 15) is 4.79 Å². The summed E-state index contributed by atoms with van der Waals surface area (Å²) in [5, 5.41) is 3.12. The molecule has 1 unspecified atom stereocenters. The fraction of sp³-hybridized carbons (Fsp3) is 0.611. The number of carbonyl (C=O) groups is 1. The Balaban J connectivity index is 2.14. The molecule has 1 fully saturated rings. The molecule has 1 aromatic rings. The summed E-state index contributed by atoms with van der Waals surface area (Å²) in [5.41, 5.74) is 6.93. The minimum atomic E-state index is -0.128. The van der Waals surface area contributed by atoms with E-state index in [0.29, 0.717) is 13.1 Å². The van der Waals surface area contributed by atoms with Crippen LogP contribution in [0.25, 0.3) is 0 Å². The minimum Gasteiger partial charge on any atom is -0.497 e. The van der Waals surface area contributed by atoms with E-state index in [0.717, 1.165) is 18.6 Å². The topological polar surface area (TPSA) is 64.3 Å². The van der Waals surface area contributed by atoms with Crippen molar-refractivity contribution >= 4 is 5.91 Å². The van der Waals surface area contributed by atoms with Gasteiger partial charge in [-0.15, -0.1) is 0 Å². The van der Waals surface area contributed by atoms with Gasteiger partial charge in [0, 0.05) is 24.4 Å². The van der Waals surface area contributed by atoms with Gasteiger partial charge in [-0.3, -0.25) is 4.79 Å². The van der Waals surface area contributed by atoms with E-state index in [1.807, 2.05) is 19.1 Å². The van der Waals surface area contributed by atoms with Crippen molar-refractivity contribution in [2.24, 2.45) is 11.7 Å². The van der Waals surface area contributed by atoms with Gasteiger partial charge >= 0.3 is 0 Å². The van der Waals surface area contributed by atoms with Crippen molar-refractivity contribution in [1.82, 2.24) is 5.32 Å². The van der Waals surface area contributed by atoms with Crippen LogP contribution in [0.1, 0.15) is 44.6 Å². The van der Waals surface area contributed by atoms with Crippen LogP contribution < -0.4 is 15.8 Å². The third-order valence-electron chi connectivity index (χ3n) is 4.92. The fourth-order valence-corrected chi connectivity index (χ4v) is 3.28. The monoisotopic (exact) mass is 304 g/mol. The molecule has 1 amide bonds. The number of ether oxygens (including phenoxy) is 1. The molecular formula is C18H28N2O2. The van der Waals surface area contributed by atoms with Crippen LogP contribution in [0.4, 0.5) is 0 Å². The summed E-state index contributed by atoms with van der Waals surface area (Å²) >= 11 is 0. The van der Waals surface area contributed by atoms with Crippen LogP contribution in [0.5, 0.6) is 5.75 Å². The molecule has 0 radical (unpaired) electrons. The summed E-state index contributed by atoms with van der Waals surface area (Å²) in [4.78, 5) is 12.1. The molecule has 0 spiro atoms. The molecule has 1 aliphatic rings. The second-order valence-corrected chi connectivity index (χ2v) is 6.42. The van der Waals surface area contributed by atoms with E-state index in [4.69, 9.17) is 10.5 Å². The van der Waals surface area contributed by atoms with Crippen LogP contribution >= 0.6 is 0 Å². The molecule has 4 nitrogen and oxygen atoms in total. The molecule has 0 bridgehead atoms.